The molecule has 0 radical (unpaired) electrons. The predicted octanol–water partition coefficient (Wildman–Crippen LogP) is 4.11. The minimum absolute atomic E-state index is 0.417. The summed E-state index contributed by atoms with van der Waals surface area (Å²) >= 11 is 1.87. The van der Waals surface area contributed by atoms with Gasteiger partial charge in [-0.2, -0.15) is 0 Å². The Morgan fingerprint density at radius 3 is 2.85 bits per heavy atom. The van der Waals surface area contributed by atoms with E-state index in [1.165, 1.54) is 43.5 Å². The number of hydrogen-bond acceptors (Lipinski definition) is 3. The lowest BCUT2D eigenvalue weighted by molar-refractivity contribution is 0.152. The molecule has 1 fully saturated rings. The normalized spacial score (nSPS) is 27.1. The van der Waals surface area contributed by atoms with E-state index in [9.17, 15) is 0 Å². The predicted molar refractivity (Wildman–Crippen MR) is 89.0 cm³/mol. The fourth-order valence-corrected chi connectivity index (χ4v) is 4.27. The van der Waals surface area contributed by atoms with E-state index in [4.69, 9.17) is 5.73 Å². The topological polar surface area (TPSA) is 29.3 Å². The van der Waals surface area contributed by atoms with Crippen LogP contribution in [-0.4, -0.2) is 24.0 Å². The van der Waals surface area contributed by atoms with E-state index in [0.717, 1.165) is 19.0 Å². The van der Waals surface area contributed by atoms with Crippen molar-refractivity contribution in [3.8, 4) is 0 Å². The van der Waals surface area contributed by atoms with Crippen molar-refractivity contribution >= 4 is 11.3 Å². The Morgan fingerprint density at radius 1 is 1.35 bits per heavy atom. The molecule has 0 amide bonds. The van der Waals surface area contributed by atoms with Gasteiger partial charge in [0.2, 0.25) is 0 Å². The molecule has 3 unspecified atom stereocenters. The first-order valence-corrected chi connectivity index (χ1v) is 9.11. The summed E-state index contributed by atoms with van der Waals surface area (Å²) in [5.74, 6) is 1.62. The molecule has 1 heterocycles. The van der Waals surface area contributed by atoms with Gasteiger partial charge in [0.25, 0.3) is 0 Å². The molecular weight excluding hydrogens is 264 g/mol. The van der Waals surface area contributed by atoms with Gasteiger partial charge in [0, 0.05) is 24.0 Å². The molecule has 0 saturated heterocycles. The quantitative estimate of drug-likeness (QED) is 0.820. The molecule has 114 valence electrons. The highest BCUT2D eigenvalue weighted by molar-refractivity contribution is 7.09. The third kappa shape index (κ3) is 4.57. The van der Waals surface area contributed by atoms with Crippen LogP contribution in [0.1, 0.15) is 50.8 Å². The van der Waals surface area contributed by atoms with Gasteiger partial charge in [-0.15, -0.1) is 11.3 Å². The lowest BCUT2D eigenvalue weighted by Gasteiger charge is -2.37. The summed E-state index contributed by atoms with van der Waals surface area (Å²) in [4.78, 5) is 4.05. The second-order valence-corrected chi connectivity index (χ2v) is 7.33. The molecule has 2 N–H and O–H groups in total. The average Bonchev–Trinajstić information content (AvgIpc) is 2.95. The fourth-order valence-electron chi connectivity index (χ4n) is 3.53. The zero-order valence-electron chi connectivity index (χ0n) is 13.1. The smallest absolute Gasteiger partial charge is 0.0327 e. The number of nitrogens with zero attached hydrogens (tertiary/aromatic N) is 1. The first-order valence-electron chi connectivity index (χ1n) is 8.23. The van der Waals surface area contributed by atoms with Crippen molar-refractivity contribution in [1.29, 1.82) is 0 Å². The summed E-state index contributed by atoms with van der Waals surface area (Å²) in [5.41, 5.74) is 6.39. The van der Waals surface area contributed by atoms with E-state index in [1.807, 2.05) is 11.3 Å². The Balaban J connectivity index is 1.87. The van der Waals surface area contributed by atoms with Crippen molar-refractivity contribution in [2.45, 2.75) is 58.5 Å². The van der Waals surface area contributed by atoms with Crippen LogP contribution in [0.3, 0.4) is 0 Å². The third-order valence-corrected chi connectivity index (χ3v) is 5.61. The first kappa shape index (κ1) is 16.0. The van der Waals surface area contributed by atoms with Gasteiger partial charge in [0.15, 0.2) is 0 Å². The van der Waals surface area contributed by atoms with Crippen LogP contribution in [0, 0.1) is 11.8 Å². The minimum atomic E-state index is 0.417. The summed E-state index contributed by atoms with van der Waals surface area (Å²) in [6.07, 6.45) is 6.63. The molecule has 1 aromatic rings. The fraction of sp³-hybridized carbons (Fsp3) is 0.765. The van der Waals surface area contributed by atoms with Gasteiger partial charge in [0.05, 0.1) is 0 Å². The number of rotatable bonds is 7. The zero-order valence-corrected chi connectivity index (χ0v) is 13.9. The second-order valence-electron chi connectivity index (χ2n) is 6.30. The van der Waals surface area contributed by atoms with Gasteiger partial charge >= 0.3 is 0 Å². The molecule has 0 spiro atoms. The summed E-state index contributed by atoms with van der Waals surface area (Å²) < 4.78 is 0. The van der Waals surface area contributed by atoms with Gasteiger partial charge in [-0.25, -0.2) is 0 Å². The van der Waals surface area contributed by atoms with Crippen molar-refractivity contribution in [3.63, 3.8) is 0 Å². The summed E-state index contributed by atoms with van der Waals surface area (Å²) in [5, 5.41) is 2.17. The zero-order chi connectivity index (χ0) is 14.4. The number of thiophene rings is 1. The van der Waals surface area contributed by atoms with Gasteiger partial charge in [-0.1, -0.05) is 32.8 Å². The van der Waals surface area contributed by atoms with Crippen molar-refractivity contribution in [3.05, 3.63) is 22.4 Å². The monoisotopic (exact) mass is 294 g/mol. The maximum absolute atomic E-state index is 6.39. The van der Waals surface area contributed by atoms with Crippen LogP contribution in [-0.2, 0) is 6.54 Å². The van der Waals surface area contributed by atoms with E-state index in [1.54, 1.807) is 0 Å². The van der Waals surface area contributed by atoms with Gasteiger partial charge in [-0.3, -0.25) is 4.90 Å². The van der Waals surface area contributed by atoms with Crippen molar-refractivity contribution in [1.82, 2.24) is 4.90 Å². The third-order valence-electron chi connectivity index (χ3n) is 4.75. The maximum atomic E-state index is 6.39. The van der Waals surface area contributed by atoms with Crippen LogP contribution in [0.5, 0.6) is 0 Å². The Labute approximate surface area is 128 Å². The molecule has 0 bridgehead atoms. The molecule has 1 aromatic heterocycles. The number of hydrogen-bond donors (Lipinski definition) is 1. The first-order chi connectivity index (χ1) is 9.72. The molecule has 1 aliphatic carbocycles. The molecule has 3 atom stereocenters. The van der Waals surface area contributed by atoms with E-state index in [0.29, 0.717) is 12.0 Å². The Bertz CT molecular complexity index is 363. The molecule has 2 rings (SSSR count). The molecule has 0 aromatic carbocycles. The van der Waals surface area contributed by atoms with Crippen LogP contribution in [0.25, 0.3) is 0 Å². The highest BCUT2D eigenvalue weighted by Crippen LogP contribution is 2.32. The largest absolute Gasteiger partial charge is 0.327 e. The van der Waals surface area contributed by atoms with Crippen molar-refractivity contribution in [2.75, 3.05) is 13.1 Å². The summed E-state index contributed by atoms with van der Waals surface area (Å²) in [6.45, 7) is 7.97. The van der Waals surface area contributed by atoms with E-state index in [2.05, 4.69) is 36.3 Å². The van der Waals surface area contributed by atoms with Crippen LogP contribution in [0.15, 0.2) is 17.5 Å². The highest BCUT2D eigenvalue weighted by atomic mass is 32.1. The molecule has 2 nitrogen and oxygen atoms in total. The lowest BCUT2D eigenvalue weighted by Crippen LogP contribution is -2.43. The average molecular weight is 295 g/mol. The molecule has 20 heavy (non-hydrogen) atoms. The molecule has 0 aliphatic heterocycles. The van der Waals surface area contributed by atoms with Crippen molar-refractivity contribution in [2.24, 2.45) is 17.6 Å². The minimum Gasteiger partial charge on any atom is -0.327 e. The molecule has 3 heteroatoms. The lowest BCUT2D eigenvalue weighted by atomic mass is 9.76. The summed E-state index contributed by atoms with van der Waals surface area (Å²) in [6, 6.07) is 4.81. The molecule has 1 saturated carbocycles. The standard InChI is InChI=1S/C17H30N2S/c1-3-6-14-8-9-17(18)15(11-14)12-19(4-2)13-16-7-5-10-20-16/h5,7,10,14-15,17H,3-4,6,8-9,11-13,18H2,1-2H3. The summed E-state index contributed by atoms with van der Waals surface area (Å²) in [7, 11) is 0. The van der Waals surface area contributed by atoms with E-state index in [-0.39, 0.29) is 0 Å². The van der Waals surface area contributed by atoms with Crippen LogP contribution in [0.2, 0.25) is 0 Å². The second kappa shape index (κ2) is 8.16. The maximum Gasteiger partial charge on any atom is 0.0327 e. The van der Waals surface area contributed by atoms with Gasteiger partial charge in [-0.05, 0) is 49.1 Å². The van der Waals surface area contributed by atoms with Crippen LogP contribution >= 0.6 is 11.3 Å². The van der Waals surface area contributed by atoms with E-state index < -0.39 is 0 Å². The Hall–Kier alpha value is -0.380. The molecular formula is C17H30N2S. The SMILES string of the molecule is CCCC1CCC(N)C(CN(CC)Cc2cccs2)C1. The van der Waals surface area contributed by atoms with Crippen molar-refractivity contribution < 1.29 is 0 Å². The molecule has 1 aliphatic rings. The number of nitrogens with two attached hydrogens (primary N) is 1. The van der Waals surface area contributed by atoms with Gasteiger partial charge < -0.3 is 5.73 Å². The van der Waals surface area contributed by atoms with Crippen LogP contribution in [0.4, 0.5) is 0 Å². The Kier molecular flexibility index (Phi) is 6.53. The van der Waals surface area contributed by atoms with E-state index >= 15 is 0 Å². The Morgan fingerprint density at radius 2 is 2.20 bits per heavy atom. The highest BCUT2D eigenvalue weighted by Gasteiger charge is 2.28. The van der Waals surface area contributed by atoms with Gasteiger partial charge in [0.1, 0.15) is 0 Å². The van der Waals surface area contributed by atoms with Crippen LogP contribution < -0.4 is 5.73 Å².